The van der Waals surface area contributed by atoms with Crippen molar-refractivity contribution in [2.45, 2.75) is 57.8 Å². The zero-order valence-electron chi connectivity index (χ0n) is 23.1. The predicted octanol–water partition coefficient (Wildman–Crippen LogP) is 6.83. The fourth-order valence-corrected chi connectivity index (χ4v) is 5.45. The number of hydrogen-bond donors (Lipinski definition) is 4. The average Bonchev–Trinajstić information content (AvgIpc) is 3.28. The number of carbonyl (C=O) groups excluding carboxylic acids is 1. The molecule has 0 aliphatic carbocycles. The number of carboxylic acids is 1. The number of nitrogens with one attached hydrogen (secondary N) is 1. The number of anilines is 1. The van der Waals surface area contributed by atoms with Crippen molar-refractivity contribution in [2.24, 2.45) is 0 Å². The number of benzene rings is 3. The number of aromatic nitrogens is 1. The minimum Gasteiger partial charge on any atom is -0.481 e. The molecule has 0 bridgehead atoms. The molecule has 7 nitrogen and oxygen atoms in total. The minimum atomic E-state index is -1.16. The van der Waals surface area contributed by atoms with Gasteiger partial charge in [0.2, 0.25) is 0 Å². The van der Waals surface area contributed by atoms with Crippen LogP contribution in [0.3, 0.4) is 0 Å². The van der Waals surface area contributed by atoms with Crippen LogP contribution in [0.5, 0.6) is 0 Å². The molecule has 214 valence electrons. The largest absolute Gasteiger partial charge is 0.481 e. The van der Waals surface area contributed by atoms with Gasteiger partial charge in [-0.25, -0.2) is 0 Å². The summed E-state index contributed by atoms with van der Waals surface area (Å²) in [6, 6.07) is 26.4. The lowest BCUT2D eigenvalue weighted by Gasteiger charge is -2.20. The molecule has 3 aromatic carbocycles. The number of aliphatic hydroxyl groups excluding tert-OH is 2. The first-order valence-corrected chi connectivity index (χ1v) is 14.1. The third-order valence-corrected chi connectivity index (χ3v) is 7.27. The Balaban J connectivity index is 1.91. The SMILES string of the molecule is CC(C)c1c(C(=O)Nc2ccccc2)c(-c2ccccc2)c(-c2ccccc2Cl)n1CCC(O)CC(O)CC(=O)O. The van der Waals surface area contributed by atoms with Crippen molar-refractivity contribution in [1.29, 1.82) is 0 Å². The minimum absolute atomic E-state index is 0.0705. The summed E-state index contributed by atoms with van der Waals surface area (Å²) in [6.45, 7) is 4.35. The van der Waals surface area contributed by atoms with E-state index >= 15 is 0 Å². The van der Waals surface area contributed by atoms with E-state index in [0.717, 1.165) is 28.1 Å². The Morgan fingerprint density at radius 1 is 0.878 bits per heavy atom. The molecule has 0 fully saturated rings. The molecule has 1 heterocycles. The van der Waals surface area contributed by atoms with E-state index < -0.39 is 24.6 Å². The first kappa shape index (κ1) is 30.1. The van der Waals surface area contributed by atoms with Crippen LogP contribution >= 0.6 is 11.6 Å². The predicted molar refractivity (Wildman–Crippen MR) is 162 cm³/mol. The van der Waals surface area contributed by atoms with Crippen molar-refractivity contribution < 1.29 is 24.9 Å². The van der Waals surface area contributed by atoms with Gasteiger partial charge >= 0.3 is 5.97 Å². The lowest BCUT2D eigenvalue weighted by molar-refractivity contribution is -0.139. The van der Waals surface area contributed by atoms with E-state index in [4.69, 9.17) is 16.7 Å². The summed E-state index contributed by atoms with van der Waals surface area (Å²) in [5.74, 6) is -1.47. The Kier molecular flexibility index (Phi) is 10.00. The first-order valence-electron chi connectivity index (χ1n) is 13.7. The number of nitrogens with zero attached hydrogens (tertiary/aromatic N) is 1. The van der Waals surface area contributed by atoms with Gasteiger partial charge in [0.25, 0.3) is 5.91 Å². The molecule has 1 aromatic heterocycles. The van der Waals surface area contributed by atoms with Crippen LogP contribution in [0.4, 0.5) is 5.69 Å². The molecule has 4 rings (SSSR count). The topological polar surface area (TPSA) is 112 Å². The smallest absolute Gasteiger partial charge is 0.305 e. The molecule has 1 amide bonds. The normalized spacial score (nSPS) is 12.7. The molecule has 0 aliphatic heterocycles. The van der Waals surface area contributed by atoms with Crippen LogP contribution in [0, 0.1) is 0 Å². The third-order valence-electron chi connectivity index (χ3n) is 6.94. The van der Waals surface area contributed by atoms with Gasteiger partial charge in [-0.1, -0.05) is 92.2 Å². The Bertz CT molecular complexity index is 1480. The van der Waals surface area contributed by atoms with Gasteiger partial charge < -0.3 is 25.2 Å². The molecule has 0 saturated carbocycles. The average molecular weight is 575 g/mol. The van der Waals surface area contributed by atoms with Gasteiger partial charge in [-0.2, -0.15) is 0 Å². The highest BCUT2D eigenvalue weighted by molar-refractivity contribution is 6.33. The van der Waals surface area contributed by atoms with Gasteiger partial charge in [-0.05, 0) is 42.5 Å². The second-order valence-electron chi connectivity index (χ2n) is 10.4. The maximum atomic E-state index is 14.1. The van der Waals surface area contributed by atoms with Gasteiger partial charge in [-0.15, -0.1) is 0 Å². The van der Waals surface area contributed by atoms with Crippen LogP contribution in [0.15, 0.2) is 84.9 Å². The van der Waals surface area contributed by atoms with E-state index in [1.165, 1.54) is 0 Å². The quantitative estimate of drug-likeness (QED) is 0.148. The van der Waals surface area contributed by atoms with Crippen molar-refractivity contribution in [2.75, 3.05) is 5.32 Å². The van der Waals surface area contributed by atoms with E-state index in [2.05, 4.69) is 5.32 Å². The van der Waals surface area contributed by atoms with Gasteiger partial charge in [0.15, 0.2) is 0 Å². The molecule has 8 heteroatoms. The van der Waals surface area contributed by atoms with E-state index in [1.807, 2.05) is 97.3 Å². The Morgan fingerprint density at radius 2 is 1.49 bits per heavy atom. The molecule has 4 aromatic rings. The van der Waals surface area contributed by atoms with Gasteiger partial charge in [0.05, 0.1) is 29.9 Å². The Labute approximate surface area is 245 Å². The van der Waals surface area contributed by atoms with Gasteiger partial charge in [-0.3, -0.25) is 9.59 Å². The van der Waals surface area contributed by atoms with Crippen molar-refractivity contribution in [3.05, 3.63) is 101 Å². The third kappa shape index (κ3) is 7.24. The van der Waals surface area contributed by atoms with Crippen LogP contribution in [0.25, 0.3) is 22.4 Å². The zero-order chi connectivity index (χ0) is 29.5. The van der Waals surface area contributed by atoms with E-state index in [1.54, 1.807) is 6.07 Å². The summed E-state index contributed by atoms with van der Waals surface area (Å²) in [5.41, 5.74) is 5.04. The van der Waals surface area contributed by atoms with Gasteiger partial charge in [0.1, 0.15) is 0 Å². The lowest BCUT2D eigenvalue weighted by Crippen LogP contribution is -2.22. The maximum absolute atomic E-state index is 14.1. The van der Waals surface area contributed by atoms with Gasteiger partial charge in [0, 0.05) is 34.1 Å². The van der Waals surface area contributed by atoms with Crippen LogP contribution < -0.4 is 5.32 Å². The summed E-state index contributed by atoms with van der Waals surface area (Å²) >= 11 is 6.77. The van der Waals surface area contributed by atoms with Crippen molar-refractivity contribution >= 4 is 29.2 Å². The number of halogens is 1. The molecular weight excluding hydrogens is 540 g/mol. The number of hydrogen-bond acceptors (Lipinski definition) is 4. The second-order valence-corrected chi connectivity index (χ2v) is 10.8. The molecule has 0 radical (unpaired) electrons. The summed E-state index contributed by atoms with van der Waals surface area (Å²) in [5, 5.41) is 33.4. The van der Waals surface area contributed by atoms with E-state index in [-0.39, 0.29) is 24.7 Å². The van der Waals surface area contributed by atoms with Crippen LogP contribution in [-0.2, 0) is 11.3 Å². The number of carboxylic acid groups (broad SMARTS) is 1. The fraction of sp³-hybridized carbons (Fsp3) is 0.273. The summed E-state index contributed by atoms with van der Waals surface area (Å²) in [6.07, 6.45) is -2.39. The molecule has 4 N–H and O–H groups in total. The monoisotopic (exact) mass is 574 g/mol. The van der Waals surface area contributed by atoms with E-state index in [9.17, 15) is 19.8 Å². The molecule has 0 aliphatic rings. The highest BCUT2D eigenvalue weighted by Gasteiger charge is 2.31. The van der Waals surface area contributed by atoms with Crippen molar-refractivity contribution in [1.82, 2.24) is 4.57 Å². The molecule has 0 spiro atoms. The fourth-order valence-electron chi connectivity index (χ4n) is 5.23. The highest BCUT2D eigenvalue weighted by Crippen LogP contribution is 2.44. The lowest BCUT2D eigenvalue weighted by atomic mass is 9.94. The molecule has 41 heavy (non-hydrogen) atoms. The molecule has 2 atom stereocenters. The molecule has 0 saturated heterocycles. The molecular formula is C33H35ClN2O5. The summed E-state index contributed by atoms with van der Waals surface area (Å²) in [4.78, 5) is 25.1. The number of carbonyl (C=O) groups is 2. The van der Waals surface area contributed by atoms with Crippen LogP contribution in [0.1, 0.15) is 55.1 Å². The Hall–Kier alpha value is -3.91. The number of para-hydroxylation sites is 1. The van der Waals surface area contributed by atoms with Crippen molar-refractivity contribution in [3.63, 3.8) is 0 Å². The van der Waals surface area contributed by atoms with E-state index in [0.29, 0.717) is 22.8 Å². The first-order chi connectivity index (χ1) is 19.7. The summed E-state index contributed by atoms with van der Waals surface area (Å²) < 4.78 is 2.04. The number of aliphatic hydroxyl groups is 2. The number of amides is 1. The number of aliphatic carboxylic acids is 1. The Morgan fingerprint density at radius 3 is 2.10 bits per heavy atom. The summed E-state index contributed by atoms with van der Waals surface area (Å²) in [7, 11) is 0. The zero-order valence-corrected chi connectivity index (χ0v) is 23.9. The maximum Gasteiger partial charge on any atom is 0.305 e. The molecule has 2 unspecified atom stereocenters. The number of rotatable bonds is 12. The standard InChI is InChI=1S/C33H35ClN2O5/c1-21(2)31-30(33(41)35-23-13-7-4-8-14-23)29(22-11-5-3-6-12-22)32(26-15-9-10-16-27(26)34)36(31)18-17-24(37)19-25(38)20-28(39)40/h3-16,21,24-25,37-38H,17-20H2,1-2H3,(H,35,41)(H,39,40). The highest BCUT2D eigenvalue weighted by atomic mass is 35.5. The van der Waals surface area contributed by atoms with Crippen LogP contribution in [0.2, 0.25) is 5.02 Å². The second kappa shape index (κ2) is 13.6. The van der Waals surface area contributed by atoms with Crippen molar-refractivity contribution in [3.8, 4) is 22.4 Å². The van der Waals surface area contributed by atoms with Crippen LogP contribution in [-0.4, -0.2) is 44.0 Å².